The van der Waals surface area contributed by atoms with Crippen molar-refractivity contribution in [1.82, 2.24) is 9.78 Å². The van der Waals surface area contributed by atoms with Gasteiger partial charge >= 0.3 is 0 Å². The van der Waals surface area contributed by atoms with E-state index in [2.05, 4.69) is 15.7 Å². The van der Waals surface area contributed by atoms with Crippen molar-refractivity contribution in [3.05, 3.63) is 39.6 Å². The molecule has 2 rings (SSSR count). The zero-order valence-electron chi connectivity index (χ0n) is 12.0. The van der Waals surface area contributed by atoms with E-state index in [0.717, 1.165) is 22.8 Å². The number of rotatable bonds is 4. The first-order valence-electron chi connectivity index (χ1n) is 6.37. The second-order valence-corrected chi connectivity index (χ2v) is 5.51. The minimum Gasteiger partial charge on any atom is -0.376 e. The van der Waals surface area contributed by atoms with Gasteiger partial charge in [-0.15, -0.1) is 0 Å². The van der Waals surface area contributed by atoms with Crippen molar-refractivity contribution in [2.45, 2.75) is 13.8 Å². The van der Waals surface area contributed by atoms with Crippen molar-refractivity contribution in [3.8, 4) is 0 Å². The van der Waals surface area contributed by atoms with Gasteiger partial charge in [0.05, 0.1) is 33.7 Å². The Kier molecular flexibility index (Phi) is 4.75. The first-order chi connectivity index (χ1) is 9.88. The molecule has 0 aliphatic heterocycles. The number of amides is 1. The quantitative estimate of drug-likeness (QED) is 0.905. The van der Waals surface area contributed by atoms with Gasteiger partial charge in [0, 0.05) is 12.7 Å². The number of benzene rings is 1. The molecule has 0 aliphatic carbocycles. The number of nitrogens with one attached hydrogen (secondary N) is 2. The molecule has 1 amide bonds. The van der Waals surface area contributed by atoms with Crippen LogP contribution in [0.5, 0.6) is 0 Å². The summed E-state index contributed by atoms with van der Waals surface area (Å²) in [5.74, 6) is -0.153. The molecule has 0 bridgehead atoms. The third-order valence-corrected chi connectivity index (χ3v) is 3.89. The van der Waals surface area contributed by atoms with Gasteiger partial charge < -0.3 is 10.6 Å². The maximum atomic E-state index is 12.0. The van der Waals surface area contributed by atoms with Gasteiger partial charge in [-0.05, 0) is 32.0 Å². The average molecular weight is 327 g/mol. The van der Waals surface area contributed by atoms with Gasteiger partial charge in [-0.3, -0.25) is 9.48 Å². The standard InChI is InChI=1S/C14H16Cl2N4O/c1-8-14(9(2)20(3)19-8)18-13(21)7-17-10-4-5-11(15)12(16)6-10/h4-6,17H,7H2,1-3H3,(H,18,21). The first-order valence-corrected chi connectivity index (χ1v) is 7.13. The minimum absolute atomic E-state index is 0.131. The summed E-state index contributed by atoms with van der Waals surface area (Å²) in [5.41, 5.74) is 3.19. The van der Waals surface area contributed by atoms with Gasteiger partial charge in [0.1, 0.15) is 0 Å². The van der Waals surface area contributed by atoms with Crippen LogP contribution < -0.4 is 10.6 Å². The molecule has 2 aromatic rings. The summed E-state index contributed by atoms with van der Waals surface area (Å²) in [7, 11) is 1.84. The van der Waals surface area contributed by atoms with Crippen LogP contribution in [0.3, 0.4) is 0 Å². The van der Waals surface area contributed by atoms with Gasteiger partial charge in [-0.1, -0.05) is 23.2 Å². The van der Waals surface area contributed by atoms with Crippen molar-refractivity contribution in [2.24, 2.45) is 7.05 Å². The van der Waals surface area contributed by atoms with Gasteiger partial charge in [0.2, 0.25) is 5.91 Å². The molecule has 0 atom stereocenters. The predicted octanol–water partition coefficient (Wildman–Crippen LogP) is 3.39. The Labute approximate surface area is 133 Å². The molecule has 1 aromatic heterocycles. The van der Waals surface area contributed by atoms with E-state index in [4.69, 9.17) is 23.2 Å². The molecule has 0 spiro atoms. The van der Waals surface area contributed by atoms with Crippen LogP contribution in [0, 0.1) is 13.8 Å². The molecule has 5 nitrogen and oxygen atoms in total. The van der Waals surface area contributed by atoms with Crippen LogP contribution in [0.4, 0.5) is 11.4 Å². The zero-order valence-corrected chi connectivity index (χ0v) is 13.5. The Balaban J connectivity index is 1.97. The van der Waals surface area contributed by atoms with Gasteiger partial charge in [0.15, 0.2) is 0 Å². The zero-order chi connectivity index (χ0) is 15.6. The fourth-order valence-corrected chi connectivity index (χ4v) is 2.22. The van der Waals surface area contributed by atoms with E-state index < -0.39 is 0 Å². The summed E-state index contributed by atoms with van der Waals surface area (Å²) in [6, 6.07) is 5.12. The Morgan fingerprint density at radius 2 is 2.00 bits per heavy atom. The first kappa shape index (κ1) is 15.7. The summed E-state index contributed by atoms with van der Waals surface area (Å²) in [6.45, 7) is 3.89. The Hall–Kier alpha value is -1.72. The smallest absolute Gasteiger partial charge is 0.243 e. The van der Waals surface area contributed by atoms with Gasteiger partial charge in [-0.2, -0.15) is 5.10 Å². The van der Waals surface area contributed by atoms with Crippen LogP contribution in [0.2, 0.25) is 10.0 Å². The topological polar surface area (TPSA) is 59.0 Å². The number of aryl methyl sites for hydroxylation is 2. The van der Waals surface area contributed by atoms with Crippen LogP contribution >= 0.6 is 23.2 Å². The lowest BCUT2D eigenvalue weighted by atomic mass is 10.3. The van der Waals surface area contributed by atoms with Gasteiger partial charge in [-0.25, -0.2) is 0 Å². The van der Waals surface area contributed by atoms with Crippen molar-refractivity contribution >= 4 is 40.5 Å². The molecule has 1 aromatic carbocycles. The molecule has 0 aliphatic rings. The predicted molar refractivity (Wildman–Crippen MR) is 86.3 cm³/mol. The summed E-state index contributed by atoms with van der Waals surface area (Å²) in [4.78, 5) is 12.0. The number of carbonyl (C=O) groups excluding carboxylic acids is 1. The second-order valence-electron chi connectivity index (χ2n) is 4.70. The van der Waals surface area contributed by atoms with Crippen LogP contribution in [0.25, 0.3) is 0 Å². The van der Waals surface area contributed by atoms with E-state index in [0.29, 0.717) is 10.0 Å². The SMILES string of the molecule is Cc1nn(C)c(C)c1NC(=O)CNc1ccc(Cl)c(Cl)c1. The number of aromatic nitrogens is 2. The lowest BCUT2D eigenvalue weighted by molar-refractivity contribution is -0.114. The fraction of sp³-hybridized carbons (Fsp3) is 0.286. The normalized spacial score (nSPS) is 10.5. The number of carbonyl (C=O) groups is 1. The summed E-state index contributed by atoms with van der Waals surface area (Å²) in [6.07, 6.45) is 0. The van der Waals surface area contributed by atoms with Crippen molar-refractivity contribution in [2.75, 3.05) is 17.2 Å². The van der Waals surface area contributed by atoms with E-state index in [9.17, 15) is 4.79 Å². The van der Waals surface area contributed by atoms with Gasteiger partial charge in [0.25, 0.3) is 0 Å². The molecule has 0 saturated carbocycles. The third-order valence-electron chi connectivity index (χ3n) is 3.15. The van der Waals surface area contributed by atoms with Crippen molar-refractivity contribution in [3.63, 3.8) is 0 Å². The maximum Gasteiger partial charge on any atom is 0.243 e. The summed E-state index contributed by atoms with van der Waals surface area (Å²) in [5, 5.41) is 11.0. The van der Waals surface area contributed by atoms with Crippen LogP contribution in [-0.2, 0) is 11.8 Å². The second kappa shape index (κ2) is 6.37. The highest BCUT2D eigenvalue weighted by atomic mass is 35.5. The van der Waals surface area contributed by atoms with E-state index in [1.165, 1.54) is 0 Å². The monoisotopic (exact) mass is 326 g/mol. The lowest BCUT2D eigenvalue weighted by Crippen LogP contribution is -2.22. The van der Waals surface area contributed by atoms with E-state index in [1.807, 2.05) is 20.9 Å². The molecular weight excluding hydrogens is 311 g/mol. The Bertz CT molecular complexity index is 682. The molecule has 2 N–H and O–H groups in total. The van der Waals surface area contributed by atoms with Crippen molar-refractivity contribution < 1.29 is 4.79 Å². The molecule has 1 heterocycles. The lowest BCUT2D eigenvalue weighted by Gasteiger charge is -2.09. The highest BCUT2D eigenvalue weighted by Crippen LogP contribution is 2.25. The number of anilines is 2. The average Bonchev–Trinajstić information content (AvgIpc) is 2.67. The minimum atomic E-state index is -0.153. The van der Waals surface area contributed by atoms with E-state index in [1.54, 1.807) is 22.9 Å². The molecule has 0 saturated heterocycles. The van der Waals surface area contributed by atoms with Crippen LogP contribution in [0.15, 0.2) is 18.2 Å². The van der Waals surface area contributed by atoms with E-state index in [-0.39, 0.29) is 12.5 Å². The Morgan fingerprint density at radius 1 is 1.29 bits per heavy atom. The molecule has 112 valence electrons. The highest BCUT2D eigenvalue weighted by Gasteiger charge is 2.12. The number of halogens is 2. The summed E-state index contributed by atoms with van der Waals surface area (Å²) >= 11 is 11.8. The Morgan fingerprint density at radius 3 is 2.57 bits per heavy atom. The summed E-state index contributed by atoms with van der Waals surface area (Å²) < 4.78 is 1.73. The number of hydrogen-bond donors (Lipinski definition) is 2. The largest absolute Gasteiger partial charge is 0.376 e. The third kappa shape index (κ3) is 3.68. The molecule has 7 heteroatoms. The molecule has 21 heavy (non-hydrogen) atoms. The van der Waals surface area contributed by atoms with Crippen molar-refractivity contribution in [1.29, 1.82) is 0 Å². The molecule has 0 radical (unpaired) electrons. The molecule has 0 fully saturated rings. The molecule has 0 unspecified atom stereocenters. The molecular formula is C14H16Cl2N4O. The van der Waals surface area contributed by atoms with E-state index >= 15 is 0 Å². The fourth-order valence-electron chi connectivity index (χ4n) is 1.93. The van der Waals surface area contributed by atoms with Crippen LogP contribution in [0.1, 0.15) is 11.4 Å². The number of hydrogen-bond acceptors (Lipinski definition) is 3. The highest BCUT2D eigenvalue weighted by molar-refractivity contribution is 6.42. The number of nitrogens with zero attached hydrogens (tertiary/aromatic N) is 2. The van der Waals surface area contributed by atoms with Crippen LogP contribution in [-0.4, -0.2) is 22.2 Å². The maximum absolute atomic E-state index is 12.0.